The molecular formula is C16H21NO5. The van der Waals surface area contributed by atoms with Crippen molar-refractivity contribution in [3.8, 4) is 5.75 Å². The van der Waals surface area contributed by atoms with Crippen LogP contribution in [0.2, 0.25) is 0 Å². The molecule has 6 nitrogen and oxygen atoms in total. The Labute approximate surface area is 129 Å². The van der Waals surface area contributed by atoms with Crippen molar-refractivity contribution in [1.29, 1.82) is 0 Å². The van der Waals surface area contributed by atoms with Gasteiger partial charge in [-0.1, -0.05) is 0 Å². The Kier molecular flexibility index (Phi) is 5.03. The predicted molar refractivity (Wildman–Crippen MR) is 79.7 cm³/mol. The maximum atomic E-state index is 12.5. The van der Waals surface area contributed by atoms with Gasteiger partial charge in [0.15, 0.2) is 0 Å². The van der Waals surface area contributed by atoms with Gasteiger partial charge >= 0.3 is 5.97 Å². The third-order valence-electron chi connectivity index (χ3n) is 3.99. The van der Waals surface area contributed by atoms with Gasteiger partial charge in [-0.3, -0.25) is 9.59 Å². The lowest BCUT2D eigenvalue weighted by Gasteiger charge is -2.24. The first kappa shape index (κ1) is 16.3. The highest BCUT2D eigenvalue weighted by molar-refractivity contribution is 5.95. The molecule has 0 aliphatic carbocycles. The van der Waals surface area contributed by atoms with Gasteiger partial charge in [-0.25, -0.2) is 0 Å². The van der Waals surface area contributed by atoms with Crippen molar-refractivity contribution in [1.82, 2.24) is 4.90 Å². The summed E-state index contributed by atoms with van der Waals surface area (Å²) in [7, 11) is 1.56. The maximum absolute atomic E-state index is 12.5. The average molecular weight is 307 g/mol. The van der Waals surface area contributed by atoms with Gasteiger partial charge in [-0.05, 0) is 37.6 Å². The van der Waals surface area contributed by atoms with Crippen LogP contribution in [-0.2, 0) is 9.53 Å². The van der Waals surface area contributed by atoms with E-state index in [0.29, 0.717) is 24.3 Å². The number of esters is 1. The highest BCUT2D eigenvalue weighted by Crippen LogP contribution is 2.32. The van der Waals surface area contributed by atoms with E-state index in [2.05, 4.69) is 0 Å². The van der Waals surface area contributed by atoms with E-state index in [1.807, 2.05) is 0 Å². The second kappa shape index (κ2) is 6.79. The SMILES string of the molecule is CCOC(=O)C1(CO)CCN(C(=O)c2ccc(OC)cc2)C1. The van der Waals surface area contributed by atoms with E-state index >= 15 is 0 Å². The van der Waals surface area contributed by atoms with Gasteiger partial charge in [0.1, 0.15) is 11.2 Å². The molecule has 0 saturated carbocycles. The number of nitrogens with zero attached hydrogens (tertiary/aromatic N) is 1. The number of ether oxygens (including phenoxy) is 2. The minimum absolute atomic E-state index is 0.165. The summed E-state index contributed by atoms with van der Waals surface area (Å²) in [6, 6.07) is 6.80. The number of rotatable bonds is 5. The number of hydrogen-bond donors (Lipinski definition) is 1. The number of hydrogen-bond acceptors (Lipinski definition) is 5. The first-order chi connectivity index (χ1) is 10.6. The molecule has 120 valence electrons. The number of amides is 1. The van der Waals surface area contributed by atoms with E-state index in [1.54, 1.807) is 43.2 Å². The van der Waals surface area contributed by atoms with Crippen molar-refractivity contribution in [2.45, 2.75) is 13.3 Å². The van der Waals surface area contributed by atoms with Crippen LogP contribution in [0.15, 0.2) is 24.3 Å². The number of likely N-dealkylation sites (tertiary alicyclic amines) is 1. The number of carbonyl (C=O) groups is 2. The molecule has 1 fully saturated rings. The first-order valence-corrected chi connectivity index (χ1v) is 7.27. The Morgan fingerprint density at radius 2 is 2.00 bits per heavy atom. The molecular weight excluding hydrogens is 286 g/mol. The van der Waals surface area contributed by atoms with E-state index in [1.165, 1.54) is 0 Å². The van der Waals surface area contributed by atoms with Gasteiger partial charge < -0.3 is 19.5 Å². The largest absolute Gasteiger partial charge is 0.497 e. The Morgan fingerprint density at radius 3 is 2.55 bits per heavy atom. The second-order valence-electron chi connectivity index (χ2n) is 5.36. The van der Waals surface area contributed by atoms with E-state index in [0.717, 1.165) is 0 Å². The minimum Gasteiger partial charge on any atom is -0.497 e. The second-order valence-corrected chi connectivity index (χ2v) is 5.36. The fourth-order valence-corrected chi connectivity index (χ4v) is 2.61. The molecule has 1 heterocycles. The van der Waals surface area contributed by atoms with Crippen LogP contribution in [0.5, 0.6) is 5.75 Å². The Balaban J connectivity index is 2.10. The molecule has 1 aliphatic heterocycles. The molecule has 1 aliphatic rings. The monoisotopic (exact) mass is 307 g/mol. The zero-order valence-corrected chi connectivity index (χ0v) is 12.9. The van der Waals surface area contributed by atoms with Crippen LogP contribution in [-0.4, -0.2) is 55.3 Å². The van der Waals surface area contributed by atoms with Crippen molar-refractivity contribution in [2.24, 2.45) is 5.41 Å². The van der Waals surface area contributed by atoms with E-state index in [9.17, 15) is 14.7 Å². The molecule has 2 rings (SSSR count). The summed E-state index contributed by atoms with van der Waals surface area (Å²) >= 11 is 0. The van der Waals surface area contributed by atoms with Crippen LogP contribution in [0.1, 0.15) is 23.7 Å². The quantitative estimate of drug-likeness (QED) is 0.824. The topological polar surface area (TPSA) is 76.1 Å². The molecule has 0 spiro atoms. The fraction of sp³-hybridized carbons (Fsp3) is 0.500. The molecule has 6 heteroatoms. The Morgan fingerprint density at radius 1 is 1.32 bits per heavy atom. The molecule has 0 bridgehead atoms. The van der Waals surface area contributed by atoms with Gasteiger partial charge in [-0.2, -0.15) is 0 Å². The molecule has 1 N–H and O–H groups in total. The molecule has 1 aromatic carbocycles. The summed E-state index contributed by atoms with van der Waals surface area (Å²) in [5, 5.41) is 9.60. The van der Waals surface area contributed by atoms with Crippen molar-refractivity contribution in [3.63, 3.8) is 0 Å². The van der Waals surface area contributed by atoms with E-state index in [4.69, 9.17) is 9.47 Å². The van der Waals surface area contributed by atoms with Gasteiger partial charge in [0.25, 0.3) is 5.91 Å². The third kappa shape index (κ3) is 3.06. The Hall–Kier alpha value is -2.08. The lowest BCUT2D eigenvalue weighted by Crippen LogP contribution is -2.40. The van der Waals surface area contributed by atoms with E-state index in [-0.39, 0.29) is 25.7 Å². The normalized spacial score (nSPS) is 20.8. The summed E-state index contributed by atoms with van der Waals surface area (Å²) < 4.78 is 10.1. The molecule has 0 aromatic heterocycles. The fourth-order valence-electron chi connectivity index (χ4n) is 2.61. The van der Waals surface area contributed by atoms with Crippen LogP contribution in [0, 0.1) is 5.41 Å². The van der Waals surface area contributed by atoms with E-state index < -0.39 is 11.4 Å². The number of benzene rings is 1. The van der Waals surface area contributed by atoms with Gasteiger partial charge in [0.2, 0.25) is 0 Å². The summed E-state index contributed by atoms with van der Waals surface area (Å²) in [6.45, 7) is 2.25. The first-order valence-electron chi connectivity index (χ1n) is 7.27. The van der Waals surface area contributed by atoms with Crippen LogP contribution in [0.3, 0.4) is 0 Å². The van der Waals surface area contributed by atoms with Gasteiger partial charge in [-0.15, -0.1) is 0 Å². The molecule has 0 radical (unpaired) electrons. The van der Waals surface area contributed by atoms with Crippen LogP contribution >= 0.6 is 0 Å². The molecule has 1 amide bonds. The predicted octanol–water partition coefficient (Wildman–Crippen LogP) is 1.08. The highest BCUT2D eigenvalue weighted by Gasteiger charge is 2.47. The maximum Gasteiger partial charge on any atom is 0.316 e. The molecule has 1 saturated heterocycles. The molecule has 1 aromatic rings. The zero-order chi connectivity index (χ0) is 16.2. The Bertz CT molecular complexity index is 542. The highest BCUT2D eigenvalue weighted by atomic mass is 16.5. The third-order valence-corrected chi connectivity index (χ3v) is 3.99. The lowest BCUT2D eigenvalue weighted by atomic mass is 9.88. The van der Waals surface area contributed by atoms with Crippen molar-refractivity contribution < 1.29 is 24.2 Å². The van der Waals surface area contributed by atoms with Gasteiger partial charge in [0, 0.05) is 18.7 Å². The van der Waals surface area contributed by atoms with Crippen molar-refractivity contribution >= 4 is 11.9 Å². The molecule has 22 heavy (non-hydrogen) atoms. The summed E-state index contributed by atoms with van der Waals surface area (Å²) in [5.74, 6) is 0.0685. The number of aliphatic hydroxyl groups excluding tert-OH is 1. The number of carbonyl (C=O) groups excluding carboxylic acids is 2. The standard InChI is InChI=1S/C16H21NO5/c1-3-22-15(20)16(11-18)8-9-17(10-16)14(19)12-4-6-13(21-2)7-5-12/h4-7,18H,3,8-11H2,1-2H3. The minimum atomic E-state index is -1.00. The van der Waals surface area contributed by atoms with Gasteiger partial charge in [0.05, 0.1) is 20.3 Å². The van der Waals surface area contributed by atoms with Crippen LogP contribution < -0.4 is 4.74 Å². The average Bonchev–Trinajstić information content (AvgIpc) is 3.00. The molecule has 1 unspecified atom stereocenters. The summed E-state index contributed by atoms with van der Waals surface area (Å²) in [4.78, 5) is 26.1. The smallest absolute Gasteiger partial charge is 0.316 e. The van der Waals surface area contributed by atoms with Crippen molar-refractivity contribution in [2.75, 3.05) is 33.4 Å². The number of methoxy groups -OCH3 is 1. The number of aliphatic hydroxyl groups is 1. The molecule has 1 atom stereocenters. The van der Waals surface area contributed by atoms with Crippen LogP contribution in [0.25, 0.3) is 0 Å². The summed E-state index contributed by atoms with van der Waals surface area (Å²) in [6.07, 6.45) is 0.407. The lowest BCUT2D eigenvalue weighted by molar-refractivity contribution is -0.156. The van der Waals surface area contributed by atoms with Crippen molar-refractivity contribution in [3.05, 3.63) is 29.8 Å². The zero-order valence-electron chi connectivity index (χ0n) is 12.9. The van der Waals surface area contributed by atoms with Crippen LogP contribution in [0.4, 0.5) is 0 Å². The summed E-state index contributed by atoms with van der Waals surface area (Å²) in [5.41, 5.74) is -0.476.